The quantitative estimate of drug-likeness (QED) is 0.862. The Labute approximate surface area is 123 Å². The number of pyridine rings is 1. The fourth-order valence-corrected chi connectivity index (χ4v) is 2.39. The van der Waals surface area contributed by atoms with Gasteiger partial charge in [-0.05, 0) is 49.1 Å². The number of carbonyl (C=O) groups excluding carboxylic acids is 1. The van der Waals surface area contributed by atoms with E-state index in [4.69, 9.17) is 0 Å². The average Bonchev–Trinajstić information content (AvgIpc) is 3.30. The smallest absolute Gasteiger partial charge is 0.257 e. The number of benzene rings is 1. The Morgan fingerprint density at radius 1 is 1.38 bits per heavy atom. The summed E-state index contributed by atoms with van der Waals surface area (Å²) in [5, 5.41) is 0. The summed E-state index contributed by atoms with van der Waals surface area (Å²) in [6, 6.07) is 8.75. The molecule has 1 aliphatic rings. The molecule has 0 atom stereocenters. The summed E-state index contributed by atoms with van der Waals surface area (Å²) in [6.07, 6.45) is 5.42. The minimum atomic E-state index is -0.447. The van der Waals surface area contributed by atoms with Gasteiger partial charge in [0.1, 0.15) is 5.82 Å². The van der Waals surface area contributed by atoms with Gasteiger partial charge in [0.15, 0.2) is 0 Å². The van der Waals surface area contributed by atoms with Crippen LogP contribution in [0, 0.1) is 12.7 Å². The van der Waals surface area contributed by atoms with Gasteiger partial charge in [0.05, 0.1) is 5.56 Å². The van der Waals surface area contributed by atoms with Crippen molar-refractivity contribution in [1.82, 2.24) is 9.88 Å². The fourth-order valence-electron chi connectivity index (χ4n) is 2.39. The van der Waals surface area contributed by atoms with Crippen LogP contribution in [-0.2, 0) is 6.54 Å². The highest BCUT2D eigenvalue weighted by Gasteiger charge is 2.34. The van der Waals surface area contributed by atoms with E-state index in [1.54, 1.807) is 29.4 Å². The molecule has 0 N–H and O–H groups in total. The van der Waals surface area contributed by atoms with Crippen molar-refractivity contribution >= 4 is 5.91 Å². The van der Waals surface area contributed by atoms with E-state index in [0.29, 0.717) is 6.54 Å². The summed E-state index contributed by atoms with van der Waals surface area (Å²) in [7, 11) is 0. The van der Waals surface area contributed by atoms with Gasteiger partial charge in [-0.3, -0.25) is 9.78 Å². The highest BCUT2D eigenvalue weighted by Crippen LogP contribution is 2.30. The van der Waals surface area contributed by atoms with Crippen LogP contribution in [0.4, 0.5) is 4.39 Å². The van der Waals surface area contributed by atoms with E-state index < -0.39 is 5.82 Å². The van der Waals surface area contributed by atoms with Crippen molar-refractivity contribution in [3.05, 3.63) is 65.2 Å². The second-order valence-electron chi connectivity index (χ2n) is 5.51. The molecule has 1 aromatic heterocycles. The molecule has 0 spiro atoms. The first kappa shape index (κ1) is 13.7. The maximum atomic E-state index is 14.0. The minimum absolute atomic E-state index is 0.149. The molecule has 1 saturated carbocycles. The van der Waals surface area contributed by atoms with Gasteiger partial charge < -0.3 is 4.90 Å². The molecule has 0 aliphatic heterocycles. The maximum absolute atomic E-state index is 14.0. The Morgan fingerprint density at radius 3 is 2.81 bits per heavy atom. The zero-order valence-corrected chi connectivity index (χ0v) is 11.9. The molecular weight excluding hydrogens is 267 g/mol. The summed E-state index contributed by atoms with van der Waals surface area (Å²) < 4.78 is 14.0. The van der Waals surface area contributed by atoms with Gasteiger partial charge in [0.25, 0.3) is 5.91 Å². The maximum Gasteiger partial charge on any atom is 0.257 e. The van der Waals surface area contributed by atoms with Crippen LogP contribution in [0.5, 0.6) is 0 Å². The number of rotatable bonds is 4. The lowest BCUT2D eigenvalue weighted by Crippen LogP contribution is -2.33. The Bertz CT molecular complexity index is 653. The van der Waals surface area contributed by atoms with Crippen LogP contribution in [0.2, 0.25) is 0 Å². The number of aryl methyl sites for hydroxylation is 1. The number of hydrogen-bond donors (Lipinski definition) is 0. The van der Waals surface area contributed by atoms with Gasteiger partial charge in [-0.25, -0.2) is 4.39 Å². The molecule has 21 heavy (non-hydrogen) atoms. The molecule has 1 aromatic carbocycles. The third kappa shape index (κ3) is 3.10. The largest absolute Gasteiger partial charge is 0.331 e. The van der Waals surface area contributed by atoms with Gasteiger partial charge in [-0.15, -0.1) is 0 Å². The molecule has 2 aromatic rings. The standard InChI is InChI=1S/C17H17FN2O/c1-12-4-7-15(16(18)9-12)17(21)20(14-5-6-14)11-13-3-2-8-19-10-13/h2-4,7-10,14H,5-6,11H2,1H3. The molecule has 0 radical (unpaired) electrons. The van der Waals surface area contributed by atoms with Crippen molar-refractivity contribution in [1.29, 1.82) is 0 Å². The number of carbonyl (C=O) groups is 1. The van der Waals surface area contributed by atoms with Crippen molar-refractivity contribution in [2.45, 2.75) is 32.4 Å². The average molecular weight is 284 g/mol. The summed E-state index contributed by atoms with van der Waals surface area (Å²) in [6.45, 7) is 2.29. The monoisotopic (exact) mass is 284 g/mol. The molecule has 1 fully saturated rings. The van der Waals surface area contributed by atoms with Gasteiger partial charge in [0.2, 0.25) is 0 Å². The van der Waals surface area contributed by atoms with Crippen LogP contribution in [0.25, 0.3) is 0 Å². The van der Waals surface area contributed by atoms with E-state index >= 15 is 0 Å². The topological polar surface area (TPSA) is 33.2 Å². The Balaban J connectivity index is 1.85. The van der Waals surface area contributed by atoms with Crippen LogP contribution in [0.3, 0.4) is 0 Å². The molecule has 3 rings (SSSR count). The first-order chi connectivity index (χ1) is 10.1. The highest BCUT2D eigenvalue weighted by molar-refractivity contribution is 5.95. The SMILES string of the molecule is Cc1ccc(C(=O)N(Cc2cccnc2)C2CC2)c(F)c1. The fraction of sp³-hybridized carbons (Fsp3) is 0.294. The van der Waals surface area contributed by atoms with Crippen LogP contribution in [-0.4, -0.2) is 21.8 Å². The molecular formula is C17H17FN2O. The Kier molecular flexibility index (Phi) is 3.69. The first-order valence-corrected chi connectivity index (χ1v) is 7.11. The summed E-state index contributed by atoms with van der Waals surface area (Å²) in [5.74, 6) is -0.685. The molecule has 0 saturated heterocycles. The van der Waals surface area contributed by atoms with Crippen LogP contribution >= 0.6 is 0 Å². The lowest BCUT2D eigenvalue weighted by atomic mass is 10.1. The number of amides is 1. The van der Waals surface area contributed by atoms with Crippen molar-refractivity contribution in [3.8, 4) is 0 Å². The molecule has 4 heteroatoms. The van der Waals surface area contributed by atoms with Crippen LogP contribution in [0.1, 0.15) is 34.3 Å². The molecule has 1 amide bonds. The number of aromatic nitrogens is 1. The number of nitrogens with zero attached hydrogens (tertiary/aromatic N) is 2. The highest BCUT2D eigenvalue weighted by atomic mass is 19.1. The van der Waals surface area contributed by atoms with Crippen molar-refractivity contribution in [3.63, 3.8) is 0 Å². The van der Waals surface area contributed by atoms with Crippen molar-refractivity contribution in [2.75, 3.05) is 0 Å². The first-order valence-electron chi connectivity index (χ1n) is 7.11. The Hall–Kier alpha value is -2.23. The van der Waals surface area contributed by atoms with Crippen LogP contribution in [0.15, 0.2) is 42.7 Å². The van der Waals surface area contributed by atoms with E-state index in [2.05, 4.69) is 4.98 Å². The normalized spacial score (nSPS) is 14.0. The third-order valence-electron chi connectivity index (χ3n) is 3.68. The molecule has 0 bridgehead atoms. The van der Waals surface area contributed by atoms with Crippen LogP contribution < -0.4 is 0 Å². The van der Waals surface area contributed by atoms with Gasteiger partial charge in [-0.2, -0.15) is 0 Å². The van der Waals surface area contributed by atoms with E-state index in [-0.39, 0.29) is 17.5 Å². The van der Waals surface area contributed by atoms with E-state index in [1.165, 1.54) is 6.07 Å². The minimum Gasteiger partial charge on any atom is -0.331 e. The third-order valence-corrected chi connectivity index (χ3v) is 3.68. The number of hydrogen-bond acceptors (Lipinski definition) is 2. The van der Waals surface area contributed by atoms with Crippen molar-refractivity contribution in [2.24, 2.45) is 0 Å². The summed E-state index contributed by atoms with van der Waals surface area (Å²) >= 11 is 0. The van der Waals surface area contributed by atoms with Gasteiger partial charge in [-0.1, -0.05) is 12.1 Å². The molecule has 0 unspecified atom stereocenters. The van der Waals surface area contributed by atoms with E-state index in [9.17, 15) is 9.18 Å². The van der Waals surface area contributed by atoms with E-state index in [1.807, 2.05) is 19.1 Å². The van der Waals surface area contributed by atoms with E-state index in [0.717, 1.165) is 24.0 Å². The molecule has 1 aliphatic carbocycles. The molecule has 108 valence electrons. The molecule has 1 heterocycles. The summed E-state index contributed by atoms with van der Waals surface area (Å²) in [5.41, 5.74) is 1.93. The predicted octanol–water partition coefficient (Wildman–Crippen LogP) is 3.33. The van der Waals surface area contributed by atoms with Crippen molar-refractivity contribution < 1.29 is 9.18 Å². The zero-order valence-electron chi connectivity index (χ0n) is 11.9. The second-order valence-corrected chi connectivity index (χ2v) is 5.51. The molecule has 3 nitrogen and oxygen atoms in total. The lowest BCUT2D eigenvalue weighted by molar-refractivity contribution is 0.0725. The Morgan fingerprint density at radius 2 is 2.19 bits per heavy atom. The van der Waals surface area contributed by atoms with Gasteiger partial charge >= 0.3 is 0 Å². The predicted molar refractivity (Wildman–Crippen MR) is 78.3 cm³/mol. The summed E-state index contributed by atoms with van der Waals surface area (Å²) in [4.78, 5) is 18.4. The zero-order chi connectivity index (χ0) is 14.8. The van der Waals surface area contributed by atoms with Gasteiger partial charge in [0, 0.05) is 25.0 Å². The second kappa shape index (κ2) is 5.64. The number of halogens is 1. The lowest BCUT2D eigenvalue weighted by Gasteiger charge is -2.23.